The molecule has 3 heterocycles. The molecule has 1 fully saturated rings. The van der Waals surface area contributed by atoms with E-state index in [0.717, 1.165) is 6.54 Å². The Bertz CT molecular complexity index is 621. The number of hydrogen-bond acceptors (Lipinski definition) is 5. The van der Waals surface area contributed by atoms with Gasteiger partial charge in [-0.05, 0) is 36.3 Å². The van der Waals surface area contributed by atoms with Crippen molar-refractivity contribution in [1.82, 2.24) is 15.0 Å². The Morgan fingerprint density at radius 1 is 1.37 bits per heavy atom. The first-order valence-electron chi connectivity index (χ1n) is 6.48. The molecule has 1 saturated heterocycles. The SMILES string of the molecule is O=c1[nH]cnc2c(NCC3CCSCC3)nccc12. The molecule has 100 valence electrons. The van der Waals surface area contributed by atoms with E-state index >= 15 is 0 Å². The number of fused-ring (bicyclic) bond motifs is 1. The number of aromatic nitrogens is 3. The summed E-state index contributed by atoms with van der Waals surface area (Å²) in [5.41, 5.74) is 0.529. The number of thioether (sulfide) groups is 1. The Morgan fingerprint density at radius 2 is 2.21 bits per heavy atom. The zero-order valence-electron chi connectivity index (χ0n) is 10.6. The van der Waals surface area contributed by atoms with Crippen molar-refractivity contribution in [2.24, 2.45) is 5.92 Å². The molecule has 0 aromatic carbocycles. The van der Waals surface area contributed by atoms with E-state index in [-0.39, 0.29) is 5.56 Å². The summed E-state index contributed by atoms with van der Waals surface area (Å²) in [7, 11) is 0. The third-order valence-corrected chi connectivity index (χ3v) is 4.51. The van der Waals surface area contributed by atoms with E-state index in [2.05, 4.69) is 20.3 Å². The zero-order valence-corrected chi connectivity index (χ0v) is 11.4. The van der Waals surface area contributed by atoms with Crippen molar-refractivity contribution in [3.05, 3.63) is 28.9 Å². The van der Waals surface area contributed by atoms with E-state index in [9.17, 15) is 4.79 Å². The maximum Gasteiger partial charge on any atom is 0.258 e. The van der Waals surface area contributed by atoms with Crippen LogP contribution in [0.2, 0.25) is 0 Å². The van der Waals surface area contributed by atoms with Crippen LogP contribution < -0.4 is 10.9 Å². The van der Waals surface area contributed by atoms with E-state index in [1.165, 1.54) is 30.7 Å². The number of H-pyrrole nitrogens is 1. The second kappa shape index (κ2) is 5.61. The smallest absolute Gasteiger partial charge is 0.258 e. The fraction of sp³-hybridized carbons (Fsp3) is 0.462. The van der Waals surface area contributed by atoms with Crippen LogP contribution in [0.1, 0.15) is 12.8 Å². The monoisotopic (exact) mass is 276 g/mol. The quantitative estimate of drug-likeness (QED) is 0.895. The molecule has 1 aliphatic rings. The molecule has 0 amide bonds. The van der Waals surface area contributed by atoms with Gasteiger partial charge in [0, 0.05) is 12.7 Å². The number of pyridine rings is 1. The maximum atomic E-state index is 11.7. The van der Waals surface area contributed by atoms with Crippen molar-refractivity contribution in [1.29, 1.82) is 0 Å². The second-order valence-electron chi connectivity index (χ2n) is 4.72. The van der Waals surface area contributed by atoms with Crippen LogP contribution in [0.5, 0.6) is 0 Å². The van der Waals surface area contributed by atoms with E-state index in [4.69, 9.17) is 0 Å². The van der Waals surface area contributed by atoms with Crippen molar-refractivity contribution < 1.29 is 0 Å². The van der Waals surface area contributed by atoms with Crippen molar-refractivity contribution in [2.45, 2.75) is 12.8 Å². The minimum absolute atomic E-state index is 0.121. The Kier molecular flexibility index (Phi) is 3.68. The van der Waals surface area contributed by atoms with Gasteiger partial charge in [-0.2, -0.15) is 11.8 Å². The molecule has 0 spiro atoms. The van der Waals surface area contributed by atoms with Crippen LogP contribution in [0.15, 0.2) is 23.4 Å². The lowest BCUT2D eigenvalue weighted by atomic mass is 10.0. The van der Waals surface area contributed by atoms with Crippen molar-refractivity contribution in [3.8, 4) is 0 Å². The molecule has 3 rings (SSSR count). The first-order chi connectivity index (χ1) is 9.34. The molecule has 0 bridgehead atoms. The molecule has 0 radical (unpaired) electrons. The van der Waals surface area contributed by atoms with Gasteiger partial charge in [0.1, 0.15) is 5.52 Å². The van der Waals surface area contributed by atoms with Gasteiger partial charge in [-0.15, -0.1) is 0 Å². The Morgan fingerprint density at radius 3 is 3.05 bits per heavy atom. The van der Waals surface area contributed by atoms with Crippen LogP contribution in [0, 0.1) is 5.92 Å². The van der Waals surface area contributed by atoms with Gasteiger partial charge >= 0.3 is 0 Å². The molecule has 2 aromatic rings. The number of rotatable bonds is 3. The predicted octanol–water partition coefficient (Wildman–Crippen LogP) is 1.87. The predicted molar refractivity (Wildman–Crippen MR) is 78.7 cm³/mol. The van der Waals surface area contributed by atoms with Gasteiger partial charge in [0.2, 0.25) is 0 Å². The highest BCUT2D eigenvalue weighted by Crippen LogP contribution is 2.23. The topological polar surface area (TPSA) is 70.7 Å². The summed E-state index contributed by atoms with van der Waals surface area (Å²) in [6.45, 7) is 0.904. The van der Waals surface area contributed by atoms with Crippen molar-refractivity contribution in [3.63, 3.8) is 0 Å². The molecule has 0 atom stereocenters. The fourth-order valence-corrected chi connectivity index (χ4v) is 3.53. The highest BCUT2D eigenvalue weighted by molar-refractivity contribution is 7.99. The van der Waals surface area contributed by atoms with E-state index in [1.807, 2.05) is 11.8 Å². The molecule has 2 N–H and O–H groups in total. The zero-order chi connectivity index (χ0) is 13.1. The van der Waals surface area contributed by atoms with Gasteiger partial charge < -0.3 is 10.3 Å². The number of nitrogens with zero attached hydrogens (tertiary/aromatic N) is 2. The highest BCUT2D eigenvalue weighted by Gasteiger charge is 2.14. The summed E-state index contributed by atoms with van der Waals surface area (Å²) in [4.78, 5) is 22.8. The van der Waals surface area contributed by atoms with Crippen molar-refractivity contribution >= 4 is 28.5 Å². The van der Waals surface area contributed by atoms with Crippen LogP contribution in [-0.4, -0.2) is 33.0 Å². The summed E-state index contributed by atoms with van der Waals surface area (Å²) in [5.74, 6) is 3.89. The summed E-state index contributed by atoms with van der Waals surface area (Å²) in [6.07, 6.45) is 5.57. The summed E-state index contributed by atoms with van der Waals surface area (Å²) in [5, 5.41) is 3.93. The lowest BCUT2D eigenvalue weighted by Crippen LogP contribution is -2.20. The fourth-order valence-electron chi connectivity index (χ4n) is 2.32. The molecule has 1 aliphatic heterocycles. The molecule has 2 aromatic heterocycles. The third-order valence-electron chi connectivity index (χ3n) is 3.46. The molecule has 5 nitrogen and oxygen atoms in total. The van der Waals surface area contributed by atoms with Crippen LogP contribution in [0.3, 0.4) is 0 Å². The van der Waals surface area contributed by atoms with Crippen LogP contribution in [0.4, 0.5) is 5.82 Å². The summed E-state index contributed by atoms with van der Waals surface area (Å²) < 4.78 is 0. The first kappa shape index (κ1) is 12.5. The average Bonchev–Trinajstić information content (AvgIpc) is 2.47. The molecular weight excluding hydrogens is 260 g/mol. The minimum atomic E-state index is -0.121. The van der Waals surface area contributed by atoms with E-state index < -0.39 is 0 Å². The average molecular weight is 276 g/mol. The Labute approximate surface area is 115 Å². The Hall–Kier alpha value is -1.56. The first-order valence-corrected chi connectivity index (χ1v) is 7.64. The molecule has 0 saturated carbocycles. The van der Waals surface area contributed by atoms with Gasteiger partial charge in [0.15, 0.2) is 5.82 Å². The second-order valence-corrected chi connectivity index (χ2v) is 5.95. The largest absolute Gasteiger partial charge is 0.368 e. The molecular formula is C13H16N4OS. The van der Waals surface area contributed by atoms with Gasteiger partial charge in [-0.25, -0.2) is 9.97 Å². The van der Waals surface area contributed by atoms with E-state index in [1.54, 1.807) is 12.3 Å². The van der Waals surface area contributed by atoms with Gasteiger partial charge in [0.25, 0.3) is 5.56 Å². The van der Waals surface area contributed by atoms with Crippen molar-refractivity contribution in [2.75, 3.05) is 23.4 Å². The van der Waals surface area contributed by atoms with Crippen LogP contribution >= 0.6 is 11.8 Å². The van der Waals surface area contributed by atoms with Crippen LogP contribution in [0.25, 0.3) is 10.9 Å². The molecule has 0 unspecified atom stereocenters. The molecule has 0 aliphatic carbocycles. The number of hydrogen-bond donors (Lipinski definition) is 2. The van der Waals surface area contributed by atoms with Gasteiger partial charge in [0.05, 0.1) is 11.7 Å². The minimum Gasteiger partial charge on any atom is -0.368 e. The van der Waals surface area contributed by atoms with E-state index in [0.29, 0.717) is 22.6 Å². The molecule has 19 heavy (non-hydrogen) atoms. The van der Waals surface area contributed by atoms with Gasteiger partial charge in [-0.3, -0.25) is 4.79 Å². The Balaban J connectivity index is 1.80. The third kappa shape index (κ3) is 2.73. The lowest BCUT2D eigenvalue weighted by molar-refractivity contribution is 0.515. The number of aromatic amines is 1. The molecule has 6 heteroatoms. The van der Waals surface area contributed by atoms with Crippen LogP contribution in [-0.2, 0) is 0 Å². The normalized spacial score (nSPS) is 16.6. The highest BCUT2D eigenvalue weighted by atomic mass is 32.2. The van der Waals surface area contributed by atoms with Gasteiger partial charge in [-0.1, -0.05) is 0 Å². The maximum absolute atomic E-state index is 11.7. The lowest BCUT2D eigenvalue weighted by Gasteiger charge is -2.21. The number of anilines is 1. The summed E-state index contributed by atoms with van der Waals surface area (Å²) in [6, 6.07) is 1.70. The number of nitrogens with one attached hydrogen (secondary N) is 2. The standard InChI is InChI=1S/C13H16N4OS/c18-13-10-1-4-14-12(11(10)16-8-17-13)15-7-9-2-5-19-6-3-9/h1,4,8-9H,2-3,5-7H2,(H,14,15)(H,16,17,18). The summed E-state index contributed by atoms with van der Waals surface area (Å²) >= 11 is 2.02.